The highest BCUT2D eigenvalue weighted by molar-refractivity contribution is 8.00. The zero-order chi connectivity index (χ0) is 8.85. The number of carbonyl (C=O) groups is 1. The summed E-state index contributed by atoms with van der Waals surface area (Å²) >= 11 is 1.39. The molecule has 0 saturated carbocycles. The normalized spacial score (nSPS) is 15.0. The van der Waals surface area contributed by atoms with Crippen LogP contribution in [0.2, 0.25) is 0 Å². The van der Waals surface area contributed by atoms with E-state index >= 15 is 0 Å². The molecule has 0 radical (unpaired) electrons. The first-order valence-electron chi connectivity index (χ1n) is 3.33. The molecule has 1 N–H and O–H groups in total. The molecule has 2 unspecified atom stereocenters. The van der Waals surface area contributed by atoms with Crippen molar-refractivity contribution in [1.29, 1.82) is 5.26 Å². The predicted octanol–water partition coefficient (Wildman–Crippen LogP) is 1.49. The van der Waals surface area contributed by atoms with Crippen LogP contribution < -0.4 is 0 Å². The van der Waals surface area contributed by atoms with E-state index in [0.717, 1.165) is 0 Å². The molecule has 0 aromatic heterocycles. The van der Waals surface area contributed by atoms with Gasteiger partial charge in [-0.1, -0.05) is 6.92 Å². The van der Waals surface area contributed by atoms with Crippen LogP contribution in [0.1, 0.15) is 20.3 Å². The average molecular weight is 173 g/mol. The highest BCUT2D eigenvalue weighted by atomic mass is 32.2. The second-order valence-electron chi connectivity index (χ2n) is 2.32. The molecule has 2 atom stereocenters. The predicted molar refractivity (Wildman–Crippen MR) is 44.4 cm³/mol. The van der Waals surface area contributed by atoms with Gasteiger partial charge in [-0.25, -0.2) is 0 Å². The molecule has 0 aliphatic carbocycles. The molecule has 0 rings (SSSR count). The Labute approximate surface area is 70.4 Å². The van der Waals surface area contributed by atoms with Crippen molar-refractivity contribution >= 4 is 17.7 Å². The van der Waals surface area contributed by atoms with Gasteiger partial charge in [-0.3, -0.25) is 4.79 Å². The Kier molecular flexibility index (Phi) is 4.71. The summed E-state index contributed by atoms with van der Waals surface area (Å²) in [5, 5.41) is 16.7. The molecule has 3 nitrogen and oxygen atoms in total. The van der Waals surface area contributed by atoms with E-state index in [0.29, 0.717) is 0 Å². The van der Waals surface area contributed by atoms with E-state index in [1.807, 2.05) is 13.0 Å². The zero-order valence-corrected chi connectivity index (χ0v) is 7.39. The maximum Gasteiger partial charge on any atom is 0.304 e. The van der Waals surface area contributed by atoms with E-state index in [9.17, 15) is 4.79 Å². The van der Waals surface area contributed by atoms with Crippen LogP contribution in [0.5, 0.6) is 0 Å². The van der Waals surface area contributed by atoms with Gasteiger partial charge in [-0.05, 0) is 6.92 Å². The minimum Gasteiger partial charge on any atom is -0.481 e. The lowest BCUT2D eigenvalue weighted by atomic mass is 10.3. The van der Waals surface area contributed by atoms with Gasteiger partial charge in [0.05, 0.1) is 17.7 Å². The summed E-state index contributed by atoms with van der Waals surface area (Å²) in [4.78, 5) is 10.2. The number of aliphatic carboxylic acids is 1. The van der Waals surface area contributed by atoms with Crippen molar-refractivity contribution < 1.29 is 9.90 Å². The Morgan fingerprint density at radius 3 is 2.64 bits per heavy atom. The van der Waals surface area contributed by atoms with Crippen molar-refractivity contribution in [2.24, 2.45) is 0 Å². The summed E-state index contributed by atoms with van der Waals surface area (Å²) < 4.78 is 0. The standard InChI is InChI=1S/C7H11NO2S/c1-5(3-7(9)10)11-6(2)4-8/h5-6H,3H2,1-2H3,(H,9,10). The zero-order valence-electron chi connectivity index (χ0n) is 6.57. The summed E-state index contributed by atoms with van der Waals surface area (Å²) in [5.74, 6) is -0.810. The lowest BCUT2D eigenvalue weighted by Gasteiger charge is -2.08. The van der Waals surface area contributed by atoms with Gasteiger partial charge in [-0.2, -0.15) is 5.26 Å². The molecule has 4 heteroatoms. The number of hydrogen-bond acceptors (Lipinski definition) is 3. The highest BCUT2D eigenvalue weighted by Gasteiger charge is 2.11. The monoisotopic (exact) mass is 173 g/mol. The van der Waals surface area contributed by atoms with Gasteiger partial charge in [0.25, 0.3) is 0 Å². The van der Waals surface area contributed by atoms with Gasteiger partial charge in [0, 0.05) is 5.25 Å². The van der Waals surface area contributed by atoms with Crippen molar-refractivity contribution in [3.05, 3.63) is 0 Å². The lowest BCUT2D eigenvalue weighted by Crippen LogP contribution is -2.08. The first kappa shape index (κ1) is 10.3. The number of thioether (sulfide) groups is 1. The summed E-state index contributed by atoms with van der Waals surface area (Å²) in [6, 6.07) is 2.04. The van der Waals surface area contributed by atoms with Gasteiger partial charge in [0.2, 0.25) is 0 Å². The molecule has 0 aliphatic heterocycles. The minimum absolute atomic E-state index is 0.0159. The molecule has 0 aromatic rings. The molecule has 0 aliphatic rings. The summed E-state index contributed by atoms with van der Waals surface area (Å²) in [6.45, 7) is 3.58. The van der Waals surface area contributed by atoms with Crippen LogP contribution in [-0.4, -0.2) is 21.6 Å². The van der Waals surface area contributed by atoms with Crippen molar-refractivity contribution in [3.8, 4) is 6.07 Å². The molecule has 0 amide bonds. The molecule has 11 heavy (non-hydrogen) atoms. The van der Waals surface area contributed by atoms with Gasteiger partial charge >= 0.3 is 5.97 Å². The number of carboxylic acids is 1. The third-order valence-corrected chi connectivity index (χ3v) is 2.23. The van der Waals surface area contributed by atoms with Crippen LogP contribution >= 0.6 is 11.8 Å². The quantitative estimate of drug-likeness (QED) is 0.699. The van der Waals surface area contributed by atoms with E-state index in [4.69, 9.17) is 10.4 Å². The minimum atomic E-state index is -0.810. The molecule has 0 heterocycles. The van der Waals surface area contributed by atoms with Crippen LogP contribution in [0.15, 0.2) is 0 Å². The number of nitriles is 1. The van der Waals surface area contributed by atoms with Crippen LogP contribution in [-0.2, 0) is 4.79 Å². The number of rotatable bonds is 4. The van der Waals surface area contributed by atoms with Crippen LogP contribution in [0.4, 0.5) is 0 Å². The fourth-order valence-electron chi connectivity index (χ4n) is 0.673. The van der Waals surface area contributed by atoms with Crippen molar-refractivity contribution in [1.82, 2.24) is 0 Å². The van der Waals surface area contributed by atoms with Gasteiger partial charge < -0.3 is 5.11 Å². The van der Waals surface area contributed by atoms with E-state index in [1.54, 1.807) is 6.92 Å². The fourth-order valence-corrected chi connectivity index (χ4v) is 1.67. The first-order valence-corrected chi connectivity index (χ1v) is 4.27. The maximum atomic E-state index is 10.2. The van der Waals surface area contributed by atoms with E-state index in [-0.39, 0.29) is 16.9 Å². The van der Waals surface area contributed by atoms with Gasteiger partial charge in [-0.15, -0.1) is 11.8 Å². The Bertz CT molecular complexity index is 176. The van der Waals surface area contributed by atoms with E-state index in [2.05, 4.69) is 0 Å². The molecule has 0 spiro atoms. The van der Waals surface area contributed by atoms with Crippen molar-refractivity contribution in [3.63, 3.8) is 0 Å². The largest absolute Gasteiger partial charge is 0.481 e. The highest BCUT2D eigenvalue weighted by Crippen LogP contribution is 2.18. The Hall–Kier alpha value is -0.690. The summed E-state index contributed by atoms with van der Waals surface area (Å²) in [5.41, 5.74) is 0. The van der Waals surface area contributed by atoms with Gasteiger partial charge in [0.1, 0.15) is 0 Å². The topological polar surface area (TPSA) is 61.1 Å². The third kappa shape index (κ3) is 5.74. The smallest absolute Gasteiger partial charge is 0.304 e. The van der Waals surface area contributed by atoms with Crippen molar-refractivity contribution in [2.75, 3.05) is 0 Å². The lowest BCUT2D eigenvalue weighted by molar-refractivity contribution is -0.136. The van der Waals surface area contributed by atoms with E-state index < -0.39 is 5.97 Å². The Balaban J connectivity index is 3.62. The number of hydrogen-bond donors (Lipinski definition) is 1. The molecule has 0 saturated heterocycles. The summed E-state index contributed by atoms with van der Waals surface area (Å²) in [7, 11) is 0. The Morgan fingerprint density at radius 1 is 1.73 bits per heavy atom. The number of nitrogens with zero attached hydrogens (tertiary/aromatic N) is 1. The van der Waals surface area contributed by atoms with Crippen molar-refractivity contribution in [2.45, 2.75) is 30.8 Å². The molecule has 0 aromatic carbocycles. The molecule has 0 bridgehead atoms. The van der Waals surface area contributed by atoms with Crippen LogP contribution in [0.25, 0.3) is 0 Å². The first-order chi connectivity index (χ1) is 5.06. The Morgan fingerprint density at radius 2 is 2.27 bits per heavy atom. The molecular formula is C7H11NO2S. The fraction of sp³-hybridized carbons (Fsp3) is 0.714. The van der Waals surface area contributed by atoms with Gasteiger partial charge in [0.15, 0.2) is 0 Å². The number of carboxylic acid groups (broad SMARTS) is 1. The molecule has 0 fully saturated rings. The SMILES string of the molecule is CC(C#N)SC(C)CC(=O)O. The second kappa shape index (κ2) is 5.03. The average Bonchev–Trinajstić information content (AvgIpc) is 1.85. The third-order valence-electron chi connectivity index (χ3n) is 1.08. The molecule has 62 valence electrons. The molecular weight excluding hydrogens is 162 g/mol. The maximum absolute atomic E-state index is 10.2. The van der Waals surface area contributed by atoms with Crippen LogP contribution in [0, 0.1) is 11.3 Å². The summed E-state index contributed by atoms with van der Waals surface area (Å²) in [6.07, 6.45) is 0.122. The van der Waals surface area contributed by atoms with Crippen LogP contribution in [0.3, 0.4) is 0 Å². The second-order valence-corrected chi connectivity index (χ2v) is 4.10. The van der Waals surface area contributed by atoms with E-state index in [1.165, 1.54) is 11.8 Å².